The van der Waals surface area contributed by atoms with Gasteiger partial charge in [0, 0.05) is 38.8 Å². The molecule has 6 nitrogen and oxygen atoms in total. The monoisotopic (exact) mass is 323 g/mol. The van der Waals surface area contributed by atoms with Crippen molar-refractivity contribution in [1.82, 2.24) is 14.7 Å². The number of carbonyl (C=O) groups excluding carboxylic acids is 2. The third kappa shape index (κ3) is 3.62. The maximum absolute atomic E-state index is 12.9. The zero-order chi connectivity index (χ0) is 16.2. The average Bonchev–Trinajstić information content (AvgIpc) is 2.86. The number of nitrogens with zero attached hydrogens (tertiary/aromatic N) is 3. The van der Waals surface area contributed by atoms with Gasteiger partial charge >= 0.3 is 6.09 Å². The second-order valence-corrected chi connectivity index (χ2v) is 6.85. The molecule has 130 valence electrons. The minimum atomic E-state index is -0.339. The number of ether oxygens (including phenoxy) is 1. The van der Waals surface area contributed by atoms with E-state index in [0.29, 0.717) is 13.2 Å². The van der Waals surface area contributed by atoms with Crippen LogP contribution in [0.5, 0.6) is 0 Å². The Morgan fingerprint density at radius 1 is 0.957 bits per heavy atom. The number of hydrogen-bond acceptors (Lipinski definition) is 4. The molecule has 3 fully saturated rings. The molecule has 2 heterocycles. The van der Waals surface area contributed by atoms with E-state index in [4.69, 9.17) is 4.74 Å². The van der Waals surface area contributed by atoms with Gasteiger partial charge < -0.3 is 9.64 Å². The maximum atomic E-state index is 12.9. The van der Waals surface area contributed by atoms with E-state index in [9.17, 15) is 9.59 Å². The van der Waals surface area contributed by atoms with E-state index in [2.05, 4.69) is 4.90 Å². The summed E-state index contributed by atoms with van der Waals surface area (Å²) < 4.78 is 5.10. The first-order chi connectivity index (χ1) is 11.2. The van der Waals surface area contributed by atoms with Crippen LogP contribution in [0, 0.1) is 0 Å². The van der Waals surface area contributed by atoms with Crippen LogP contribution in [0.2, 0.25) is 0 Å². The van der Waals surface area contributed by atoms with Gasteiger partial charge in [-0.05, 0) is 39.0 Å². The molecule has 0 radical (unpaired) electrons. The standard InChI is InChI=1S/C17H29N3O3/c1-2-23-17(22)20-11-4-8-15(20)16(21)19-10-5-9-18(12-13-19)14-6-3-7-14/h14-15H,2-13H2,1H3/t15-/m1/s1. The van der Waals surface area contributed by atoms with E-state index in [-0.39, 0.29) is 18.0 Å². The fourth-order valence-electron chi connectivity index (χ4n) is 3.93. The number of carbonyl (C=O) groups is 2. The van der Waals surface area contributed by atoms with Crippen molar-refractivity contribution in [3.8, 4) is 0 Å². The molecular formula is C17H29N3O3. The summed E-state index contributed by atoms with van der Waals surface area (Å²) in [4.78, 5) is 31.1. The van der Waals surface area contributed by atoms with E-state index in [1.807, 2.05) is 4.90 Å². The summed E-state index contributed by atoms with van der Waals surface area (Å²) in [6.07, 6.45) is 6.32. The lowest BCUT2D eigenvalue weighted by molar-refractivity contribution is -0.135. The zero-order valence-electron chi connectivity index (χ0n) is 14.2. The van der Waals surface area contributed by atoms with E-state index in [1.165, 1.54) is 19.3 Å². The summed E-state index contributed by atoms with van der Waals surface area (Å²) in [5.74, 6) is 0.117. The van der Waals surface area contributed by atoms with Crippen molar-refractivity contribution in [3.05, 3.63) is 0 Å². The Hall–Kier alpha value is -1.30. The predicted octanol–water partition coefficient (Wildman–Crippen LogP) is 1.69. The van der Waals surface area contributed by atoms with Gasteiger partial charge in [-0.1, -0.05) is 6.42 Å². The van der Waals surface area contributed by atoms with Crippen molar-refractivity contribution in [2.45, 2.75) is 57.5 Å². The highest BCUT2D eigenvalue weighted by Gasteiger charge is 2.38. The lowest BCUT2D eigenvalue weighted by Crippen LogP contribution is -2.49. The Morgan fingerprint density at radius 3 is 2.48 bits per heavy atom. The smallest absolute Gasteiger partial charge is 0.410 e. The minimum absolute atomic E-state index is 0.117. The molecule has 1 aliphatic carbocycles. The molecule has 0 unspecified atom stereocenters. The van der Waals surface area contributed by atoms with Gasteiger partial charge in [0.25, 0.3) is 0 Å². The van der Waals surface area contributed by atoms with Gasteiger partial charge in [-0.3, -0.25) is 14.6 Å². The highest BCUT2D eigenvalue weighted by Crippen LogP contribution is 2.26. The first kappa shape index (κ1) is 16.6. The average molecular weight is 323 g/mol. The molecule has 2 aliphatic heterocycles. The van der Waals surface area contributed by atoms with Crippen molar-refractivity contribution in [1.29, 1.82) is 0 Å². The molecule has 0 aromatic heterocycles. The van der Waals surface area contributed by atoms with Crippen molar-refractivity contribution >= 4 is 12.0 Å². The molecule has 6 heteroatoms. The number of hydrogen-bond donors (Lipinski definition) is 0. The molecule has 0 spiro atoms. The molecule has 2 saturated heterocycles. The number of likely N-dealkylation sites (tertiary alicyclic amines) is 1. The molecule has 0 bridgehead atoms. The first-order valence-corrected chi connectivity index (χ1v) is 9.17. The van der Waals surface area contributed by atoms with Crippen LogP contribution < -0.4 is 0 Å². The third-order valence-electron chi connectivity index (χ3n) is 5.47. The minimum Gasteiger partial charge on any atom is -0.450 e. The fourth-order valence-corrected chi connectivity index (χ4v) is 3.93. The van der Waals surface area contributed by atoms with Crippen molar-refractivity contribution in [2.75, 3.05) is 39.3 Å². The Balaban J connectivity index is 1.57. The zero-order valence-corrected chi connectivity index (χ0v) is 14.2. The fraction of sp³-hybridized carbons (Fsp3) is 0.882. The van der Waals surface area contributed by atoms with E-state index >= 15 is 0 Å². The Morgan fingerprint density at radius 2 is 1.78 bits per heavy atom. The normalized spacial score (nSPS) is 26.7. The molecule has 1 atom stereocenters. The van der Waals surface area contributed by atoms with Crippen molar-refractivity contribution in [2.24, 2.45) is 0 Å². The van der Waals surface area contributed by atoms with Crippen LogP contribution in [0.25, 0.3) is 0 Å². The quantitative estimate of drug-likeness (QED) is 0.793. The summed E-state index contributed by atoms with van der Waals surface area (Å²) in [5, 5.41) is 0. The highest BCUT2D eigenvalue weighted by atomic mass is 16.6. The van der Waals surface area contributed by atoms with Gasteiger partial charge in [0.1, 0.15) is 6.04 Å². The van der Waals surface area contributed by atoms with Crippen LogP contribution in [0.15, 0.2) is 0 Å². The van der Waals surface area contributed by atoms with Gasteiger partial charge in [-0.2, -0.15) is 0 Å². The Kier molecular flexibility index (Phi) is 5.41. The first-order valence-electron chi connectivity index (χ1n) is 9.17. The van der Waals surface area contributed by atoms with Gasteiger partial charge in [-0.25, -0.2) is 4.79 Å². The van der Waals surface area contributed by atoms with E-state index in [0.717, 1.165) is 51.5 Å². The predicted molar refractivity (Wildman–Crippen MR) is 87.2 cm³/mol. The molecule has 0 aromatic rings. The van der Waals surface area contributed by atoms with Gasteiger partial charge in [-0.15, -0.1) is 0 Å². The van der Waals surface area contributed by atoms with E-state index in [1.54, 1.807) is 11.8 Å². The van der Waals surface area contributed by atoms with Gasteiger partial charge in [0.15, 0.2) is 0 Å². The summed E-state index contributed by atoms with van der Waals surface area (Å²) in [7, 11) is 0. The van der Waals surface area contributed by atoms with Crippen molar-refractivity contribution < 1.29 is 14.3 Å². The van der Waals surface area contributed by atoms with Crippen LogP contribution >= 0.6 is 0 Å². The lowest BCUT2D eigenvalue weighted by Gasteiger charge is -2.36. The van der Waals surface area contributed by atoms with Crippen LogP contribution in [0.3, 0.4) is 0 Å². The molecule has 0 aromatic carbocycles. The summed E-state index contributed by atoms with van der Waals surface area (Å²) >= 11 is 0. The number of amides is 2. The molecule has 0 N–H and O–H groups in total. The topological polar surface area (TPSA) is 53.1 Å². The Bertz CT molecular complexity index is 439. The largest absolute Gasteiger partial charge is 0.450 e. The molecule has 2 amide bonds. The second kappa shape index (κ2) is 7.51. The molecule has 3 rings (SSSR count). The van der Waals surface area contributed by atoms with Crippen LogP contribution in [-0.2, 0) is 9.53 Å². The summed E-state index contributed by atoms with van der Waals surface area (Å²) in [5.41, 5.74) is 0. The van der Waals surface area contributed by atoms with E-state index < -0.39 is 0 Å². The second-order valence-electron chi connectivity index (χ2n) is 6.85. The summed E-state index contributed by atoms with van der Waals surface area (Å²) in [6.45, 7) is 6.48. The maximum Gasteiger partial charge on any atom is 0.410 e. The third-order valence-corrected chi connectivity index (χ3v) is 5.47. The van der Waals surface area contributed by atoms with Gasteiger partial charge in [0.2, 0.25) is 5.91 Å². The Labute approximate surface area is 138 Å². The molecule has 3 aliphatic rings. The van der Waals surface area contributed by atoms with Crippen LogP contribution in [-0.4, -0.2) is 78.1 Å². The summed E-state index contributed by atoms with van der Waals surface area (Å²) in [6, 6.07) is 0.428. The lowest BCUT2D eigenvalue weighted by atomic mass is 9.91. The van der Waals surface area contributed by atoms with Crippen molar-refractivity contribution in [3.63, 3.8) is 0 Å². The SMILES string of the molecule is CCOC(=O)N1CCC[C@@H]1C(=O)N1CCCN(C2CCC2)CC1. The van der Waals surface area contributed by atoms with Crippen LogP contribution in [0.1, 0.15) is 45.4 Å². The molecule has 23 heavy (non-hydrogen) atoms. The molecule has 1 saturated carbocycles. The number of rotatable bonds is 3. The molecular weight excluding hydrogens is 294 g/mol. The highest BCUT2D eigenvalue weighted by molar-refractivity contribution is 5.86. The van der Waals surface area contributed by atoms with Crippen LogP contribution in [0.4, 0.5) is 4.79 Å². The van der Waals surface area contributed by atoms with Gasteiger partial charge in [0.05, 0.1) is 6.61 Å².